The molecule has 1 aliphatic rings. The summed E-state index contributed by atoms with van der Waals surface area (Å²) in [5.74, 6) is 0.358. The molecular weight excluding hydrogens is 428 g/mol. The van der Waals surface area contributed by atoms with Crippen molar-refractivity contribution in [2.75, 3.05) is 13.6 Å². The average molecular weight is 471 g/mol. The van der Waals surface area contributed by atoms with E-state index in [1.165, 1.54) is 5.57 Å². The minimum absolute atomic E-state index is 0.0358. The number of carboxylic acids is 1. The minimum atomic E-state index is -0.890. The molecule has 0 bridgehead atoms. The Morgan fingerprint density at radius 3 is 2.38 bits per heavy atom. The van der Waals surface area contributed by atoms with Gasteiger partial charge in [-0.2, -0.15) is 0 Å². The van der Waals surface area contributed by atoms with Gasteiger partial charge in [-0.15, -0.1) is 0 Å². The van der Waals surface area contributed by atoms with Crippen molar-refractivity contribution in [3.63, 3.8) is 0 Å². The maximum absolute atomic E-state index is 12.9. The third-order valence-corrected chi connectivity index (χ3v) is 7.00. The van der Waals surface area contributed by atoms with E-state index in [1.54, 1.807) is 18.7 Å². The molecule has 0 radical (unpaired) electrons. The number of carboxylic acid groups (broad SMARTS) is 1. The lowest BCUT2D eigenvalue weighted by atomic mass is 9.69. The Hall–Kier alpha value is -2.63. The van der Waals surface area contributed by atoms with Crippen LogP contribution in [0.4, 0.5) is 0 Å². The highest BCUT2D eigenvalue weighted by molar-refractivity contribution is 5.78. The number of hydrogen-bond donors (Lipinski definition) is 2. The normalized spacial score (nSPS) is 20.6. The molecule has 2 N–H and O–H groups in total. The average Bonchev–Trinajstić information content (AvgIpc) is 2.72. The Bertz CT molecular complexity index is 876. The first-order valence-corrected chi connectivity index (χ1v) is 12.3. The topological polar surface area (TPSA) is 86.7 Å². The predicted molar refractivity (Wildman–Crippen MR) is 135 cm³/mol. The minimum Gasteiger partial charge on any atom is -0.481 e. The molecule has 6 heteroatoms. The highest BCUT2D eigenvalue weighted by Gasteiger charge is 2.33. The van der Waals surface area contributed by atoms with Crippen LogP contribution in [0.15, 0.2) is 42.0 Å². The van der Waals surface area contributed by atoms with Gasteiger partial charge in [0.2, 0.25) is 11.8 Å². The zero-order chi connectivity index (χ0) is 25.5. The first-order chi connectivity index (χ1) is 15.9. The van der Waals surface area contributed by atoms with Gasteiger partial charge in [0.05, 0.1) is 6.42 Å². The fraction of sp³-hybridized carbons (Fsp3) is 0.607. The SMILES string of the molecule is CC1=C[C@@H](CNC(=O)CC(C)(C)CC(=O)O)[C@H](C(C)C)C[C@H]1CC(=O)N(C)Cc1ccccc1. The van der Waals surface area contributed by atoms with Crippen molar-refractivity contribution >= 4 is 17.8 Å². The summed E-state index contributed by atoms with van der Waals surface area (Å²) in [7, 11) is 1.86. The van der Waals surface area contributed by atoms with E-state index in [1.807, 2.05) is 37.4 Å². The van der Waals surface area contributed by atoms with Crippen molar-refractivity contribution in [2.45, 2.75) is 66.8 Å². The van der Waals surface area contributed by atoms with Gasteiger partial charge in [0.15, 0.2) is 0 Å². The summed E-state index contributed by atoms with van der Waals surface area (Å²) in [6.45, 7) is 11.2. The van der Waals surface area contributed by atoms with E-state index in [0.29, 0.717) is 31.3 Å². The third kappa shape index (κ3) is 8.62. The van der Waals surface area contributed by atoms with Gasteiger partial charge in [0, 0.05) is 33.0 Å². The van der Waals surface area contributed by atoms with E-state index in [4.69, 9.17) is 5.11 Å². The smallest absolute Gasteiger partial charge is 0.303 e. The Labute approximate surface area is 204 Å². The van der Waals surface area contributed by atoms with E-state index >= 15 is 0 Å². The van der Waals surface area contributed by atoms with Gasteiger partial charge in [-0.1, -0.05) is 69.7 Å². The number of nitrogens with one attached hydrogen (secondary N) is 1. The van der Waals surface area contributed by atoms with Crippen molar-refractivity contribution in [3.05, 3.63) is 47.5 Å². The summed E-state index contributed by atoms with van der Waals surface area (Å²) in [4.78, 5) is 38.3. The fourth-order valence-corrected chi connectivity index (χ4v) is 5.02. The molecule has 0 saturated carbocycles. The van der Waals surface area contributed by atoms with Crippen molar-refractivity contribution in [3.8, 4) is 0 Å². The summed E-state index contributed by atoms with van der Waals surface area (Å²) in [6, 6.07) is 10.0. The first-order valence-electron chi connectivity index (χ1n) is 12.3. The Balaban J connectivity index is 1.98. The quantitative estimate of drug-likeness (QED) is 0.451. The van der Waals surface area contributed by atoms with Crippen LogP contribution >= 0.6 is 0 Å². The lowest BCUT2D eigenvalue weighted by Crippen LogP contribution is -2.39. The molecule has 2 rings (SSSR count). The second kappa shape index (κ2) is 12.2. The van der Waals surface area contributed by atoms with Gasteiger partial charge in [-0.05, 0) is 48.0 Å². The number of benzene rings is 1. The van der Waals surface area contributed by atoms with Crippen molar-refractivity contribution in [2.24, 2.45) is 29.1 Å². The molecular formula is C28H42N2O4. The zero-order valence-corrected chi connectivity index (χ0v) is 21.6. The number of hydrogen-bond acceptors (Lipinski definition) is 3. The molecule has 0 aliphatic heterocycles. The molecule has 1 aliphatic carbocycles. The monoisotopic (exact) mass is 470 g/mol. The number of allylic oxidation sites excluding steroid dienone is 1. The number of carbonyl (C=O) groups is 3. The molecule has 34 heavy (non-hydrogen) atoms. The Morgan fingerprint density at radius 2 is 1.79 bits per heavy atom. The summed E-state index contributed by atoms with van der Waals surface area (Å²) < 4.78 is 0. The maximum atomic E-state index is 12.9. The fourth-order valence-electron chi connectivity index (χ4n) is 5.02. The third-order valence-electron chi connectivity index (χ3n) is 7.00. The van der Waals surface area contributed by atoms with Gasteiger partial charge >= 0.3 is 5.97 Å². The van der Waals surface area contributed by atoms with E-state index < -0.39 is 11.4 Å². The van der Waals surface area contributed by atoms with Crippen LogP contribution in [0, 0.1) is 29.1 Å². The molecule has 0 heterocycles. The molecule has 0 unspecified atom stereocenters. The zero-order valence-electron chi connectivity index (χ0n) is 21.6. The molecule has 0 spiro atoms. The van der Waals surface area contributed by atoms with Gasteiger partial charge in [0.25, 0.3) is 0 Å². The van der Waals surface area contributed by atoms with Crippen molar-refractivity contribution < 1.29 is 19.5 Å². The number of nitrogens with zero attached hydrogens (tertiary/aromatic N) is 1. The first kappa shape index (κ1) is 27.6. The second-order valence-corrected chi connectivity index (χ2v) is 11.1. The van der Waals surface area contributed by atoms with Crippen LogP contribution < -0.4 is 5.32 Å². The highest BCUT2D eigenvalue weighted by atomic mass is 16.4. The van der Waals surface area contributed by atoms with Gasteiger partial charge in [-0.3, -0.25) is 14.4 Å². The molecule has 1 aromatic rings. The molecule has 188 valence electrons. The molecule has 1 aromatic carbocycles. The van der Waals surface area contributed by atoms with Crippen LogP contribution in [0.1, 0.15) is 65.9 Å². The number of carbonyl (C=O) groups excluding carboxylic acids is 2. The van der Waals surface area contributed by atoms with Gasteiger partial charge in [-0.25, -0.2) is 0 Å². The van der Waals surface area contributed by atoms with Crippen LogP contribution in [-0.4, -0.2) is 41.4 Å². The summed E-state index contributed by atoms with van der Waals surface area (Å²) >= 11 is 0. The summed E-state index contributed by atoms with van der Waals surface area (Å²) in [5, 5.41) is 12.1. The molecule has 0 aromatic heterocycles. The van der Waals surface area contributed by atoms with Gasteiger partial charge in [0.1, 0.15) is 0 Å². The lowest BCUT2D eigenvalue weighted by Gasteiger charge is -2.37. The molecule has 0 saturated heterocycles. The molecule has 6 nitrogen and oxygen atoms in total. The van der Waals surface area contributed by atoms with Crippen LogP contribution in [0.3, 0.4) is 0 Å². The van der Waals surface area contributed by atoms with Crippen LogP contribution in [0.25, 0.3) is 0 Å². The lowest BCUT2D eigenvalue weighted by molar-refractivity contribution is -0.139. The van der Waals surface area contributed by atoms with E-state index in [9.17, 15) is 14.4 Å². The number of amides is 2. The molecule has 0 fully saturated rings. The standard InChI is InChI=1S/C28H42N2O4/c1-19(2)24-13-22(14-26(32)30(6)18-21-10-8-7-9-11-21)20(3)12-23(24)17-29-25(31)15-28(4,5)16-27(33)34/h7-12,19,22-24H,13-18H2,1-6H3,(H,29,31)(H,33,34)/t22-,23-,24-/m0/s1. The molecule has 3 atom stereocenters. The second-order valence-electron chi connectivity index (χ2n) is 11.1. The highest BCUT2D eigenvalue weighted by Crippen LogP contribution is 2.39. The largest absolute Gasteiger partial charge is 0.481 e. The van der Waals surface area contributed by atoms with E-state index in [2.05, 4.69) is 32.2 Å². The Kier molecular flexibility index (Phi) is 9.90. The summed E-state index contributed by atoms with van der Waals surface area (Å²) in [5.41, 5.74) is 1.75. The number of aliphatic carboxylic acids is 1. The number of rotatable bonds is 11. The molecule has 2 amide bonds. The predicted octanol–water partition coefficient (Wildman–Crippen LogP) is 4.90. The van der Waals surface area contributed by atoms with Crippen molar-refractivity contribution in [1.29, 1.82) is 0 Å². The van der Waals surface area contributed by atoms with E-state index in [-0.39, 0.29) is 36.5 Å². The van der Waals surface area contributed by atoms with Crippen LogP contribution in [0.2, 0.25) is 0 Å². The summed E-state index contributed by atoms with van der Waals surface area (Å²) in [6.07, 6.45) is 3.82. The van der Waals surface area contributed by atoms with Crippen LogP contribution in [0.5, 0.6) is 0 Å². The Morgan fingerprint density at radius 1 is 1.15 bits per heavy atom. The van der Waals surface area contributed by atoms with Gasteiger partial charge < -0.3 is 15.3 Å². The maximum Gasteiger partial charge on any atom is 0.303 e. The van der Waals surface area contributed by atoms with E-state index in [0.717, 1.165) is 12.0 Å². The van der Waals surface area contributed by atoms with Crippen molar-refractivity contribution in [1.82, 2.24) is 10.2 Å². The van der Waals surface area contributed by atoms with Crippen LogP contribution in [-0.2, 0) is 20.9 Å².